The van der Waals surface area contributed by atoms with Gasteiger partial charge in [0.25, 0.3) is 5.69 Å². The fourth-order valence-electron chi connectivity index (χ4n) is 1.89. The van der Waals surface area contributed by atoms with Gasteiger partial charge < -0.3 is 15.2 Å². The number of nitrogens with one attached hydrogen (secondary N) is 1. The summed E-state index contributed by atoms with van der Waals surface area (Å²) < 4.78 is 4.92. The molecule has 1 aliphatic rings. The van der Waals surface area contributed by atoms with Crippen molar-refractivity contribution in [3.8, 4) is 5.75 Å². The Morgan fingerprint density at radius 1 is 1.58 bits per heavy atom. The molecule has 1 fully saturated rings. The number of hydrogen-bond donors (Lipinski definition) is 2. The zero-order chi connectivity index (χ0) is 14.0. The van der Waals surface area contributed by atoms with Gasteiger partial charge in [0.2, 0.25) is 0 Å². The average molecular weight is 266 g/mol. The number of carboxylic acids is 1. The van der Waals surface area contributed by atoms with E-state index in [1.54, 1.807) is 6.07 Å². The number of carbonyl (C=O) groups is 1. The van der Waals surface area contributed by atoms with Crippen molar-refractivity contribution in [1.29, 1.82) is 0 Å². The van der Waals surface area contributed by atoms with Gasteiger partial charge in [0.15, 0.2) is 0 Å². The molecule has 0 aromatic heterocycles. The molecule has 1 aromatic carbocycles. The maximum absolute atomic E-state index is 11.1. The molecule has 1 unspecified atom stereocenters. The standard InChI is InChI=1S/C12H14N2O5/c1-19-8-4-5-9(10(6-8)14(17)18)13-11(12(15)16)7-2-3-7/h4-7,11,13H,2-3H2,1H3,(H,15,16). The van der Waals surface area contributed by atoms with E-state index in [1.165, 1.54) is 19.2 Å². The summed E-state index contributed by atoms with van der Waals surface area (Å²) in [5, 5.41) is 22.9. The highest BCUT2D eigenvalue weighted by molar-refractivity contribution is 5.80. The molecule has 0 saturated heterocycles. The highest BCUT2D eigenvalue weighted by Crippen LogP contribution is 2.36. The third-order valence-electron chi connectivity index (χ3n) is 3.07. The molecule has 0 bridgehead atoms. The van der Waals surface area contributed by atoms with Gasteiger partial charge in [-0.2, -0.15) is 0 Å². The Hall–Kier alpha value is -2.31. The second-order valence-electron chi connectivity index (χ2n) is 4.44. The molecule has 19 heavy (non-hydrogen) atoms. The van der Waals surface area contributed by atoms with Gasteiger partial charge in [0, 0.05) is 0 Å². The molecule has 0 amide bonds. The normalized spacial score (nSPS) is 15.6. The van der Waals surface area contributed by atoms with Crippen LogP contribution in [-0.2, 0) is 4.79 Å². The summed E-state index contributed by atoms with van der Waals surface area (Å²) in [6.07, 6.45) is 1.65. The third-order valence-corrected chi connectivity index (χ3v) is 3.07. The molecule has 7 nitrogen and oxygen atoms in total. The lowest BCUT2D eigenvalue weighted by atomic mass is 10.1. The van der Waals surface area contributed by atoms with Crippen molar-refractivity contribution in [1.82, 2.24) is 0 Å². The van der Waals surface area contributed by atoms with Crippen LogP contribution in [0.15, 0.2) is 18.2 Å². The van der Waals surface area contributed by atoms with Gasteiger partial charge >= 0.3 is 5.97 Å². The predicted octanol–water partition coefficient (Wildman–Crippen LogP) is 1.88. The lowest BCUT2D eigenvalue weighted by molar-refractivity contribution is -0.384. The van der Waals surface area contributed by atoms with E-state index in [-0.39, 0.29) is 17.3 Å². The van der Waals surface area contributed by atoms with Crippen LogP contribution < -0.4 is 10.1 Å². The van der Waals surface area contributed by atoms with Gasteiger partial charge in [-0.3, -0.25) is 10.1 Å². The number of anilines is 1. The van der Waals surface area contributed by atoms with Crippen LogP contribution in [0.5, 0.6) is 5.75 Å². The molecule has 0 spiro atoms. The maximum Gasteiger partial charge on any atom is 0.326 e. The Bertz CT molecular complexity index is 513. The highest BCUT2D eigenvalue weighted by Gasteiger charge is 2.37. The van der Waals surface area contributed by atoms with Crippen molar-refractivity contribution < 1.29 is 19.6 Å². The minimum atomic E-state index is -0.993. The second-order valence-corrected chi connectivity index (χ2v) is 4.44. The summed E-state index contributed by atoms with van der Waals surface area (Å²) >= 11 is 0. The summed E-state index contributed by atoms with van der Waals surface area (Å²) in [6.45, 7) is 0. The van der Waals surface area contributed by atoms with Crippen LogP contribution in [-0.4, -0.2) is 29.2 Å². The molecule has 1 saturated carbocycles. The Kier molecular flexibility index (Phi) is 3.55. The van der Waals surface area contributed by atoms with Gasteiger partial charge in [-0.15, -0.1) is 0 Å². The minimum absolute atomic E-state index is 0.0409. The van der Waals surface area contributed by atoms with E-state index in [0.717, 1.165) is 12.8 Å². The number of ether oxygens (including phenoxy) is 1. The van der Waals surface area contributed by atoms with Crippen LogP contribution in [0.2, 0.25) is 0 Å². The van der Waals surface area contributed by atoms with Crippen molar-refractivity contribution in [3.05, 3.63) is 28.3 Å². The van der Waals surface area contributed by atoms with Crippen molar-refractivity contribution >= 4 is 17.3 Å². The van der Waals surface area contributed by atoms with Crippen LogP contribution in [0.4, 0.5) is 11.4 Å². The molecule has 7 heteroatoms. The summed E-state index contributed by atoms with van der Waals surface area (Å²) in [5.74, 6) is -0.595. The molecular weight excluding hydrogens is 252 g/mol. The van der Waals surface area contributed by atoms with Crippen molar-refractivity contribution in [2.75, 3.05) is 12.4 Å². The van der Waals surface area contributed by atoms with E-state index in [9.17, 15) is 14.9 Å². The monoisotopic (exact) mass is 266 g/mol. The van der Waals surface area contributed by atoms with Gasteiger partial charge in [0.05, 0.1) is 18.1 Å². The predicted molar refractivity (Wildman–Crippen MR) is 67.4 cm³/mol. The fourth-order valence-corrected chi connectivity index (χ4v) is 1.89. The molecule has 2 N–H and O–H groups in total. The van der Waals surface area contributed by atoms with E-state index < -0.39 is 16.9 Å². The Labute approximate surface area is 109 Å². The smallest absolute Gasteiger partial charge is 0.326 e. The van der Waals surface area contributed by atoms with E-state index in [1.807, 2.05) is 0 Å². The van der Waals surface area contributed by atoms with Gasteiger partial charge in [0.1, 0.15) is 17.5 Å². The summed E-state index contributed by atoms with van der Waals surface area (Å²) in [4.78, 5) is 21.6. The number of nitrogens with zero attached hydrogens (tertiary/aromatic N) is 1. The zero-order valence-corrected chi connectivity index (χ0v) is 10.3. The SMILES string of the molecule is COc1ccc(NC(C(=O)O)C2CC2)c([N+](=O)[O-])c1. The molecule has 0 radical (unpaired) electrons. The number of nitro groups is 1. The molecule has 0 aliphatic heterocycles. The highest BCUT2D eigenvalue weighted by atomic mass is 16.6. The molecule has 1 atom stereocenters. The van der Waals surface area contributed by atoms with E-state index in [0.29, 0.717) is 5.75 Å². The number of hydrogen-bond acceptors (Lipinski definition) is 5. The largest absolute Gasteiger partial charge is 0.496 e. The molecule has 0 heterocycles. The van der Waals surface area contributed by atoms with Crippen LogP contribution in [0.3, 0.4) is 0 Å². The van der Waals surface area contributed by atoms with Crippen molar-refractivity contribution in [3.63, 3.8) is 0 Å². The van der Waals surface area contributed by atoms with Gasteiger partial charge in [-0.05, 0) is 30.9 Å². The quantitative estimate of drug-likeness (QED) is 0.602. The fraction of sp³-hybridized carbons (Fsp3) is 0.417. The molecule has 1 aromatic rings. The lowest BCUT2D eigenvalue weighted by Crippen LogP contribution is -2.31. The van der Waals surface area contributed by atoms with E-state index >= 15 is 0 Å². The Morgan fingerprint density at radius 3 is 2.74 bits per heavy atom. The van der Waals surface area contributed by atoms with E-state index in [2.05, 4.69) is 5.32 Å². The number of carboxylic acid groups (broad SMARTS) is 1. The van der Waals surface area contributed by atoms with Gasteiger partial charge in [-0.1, -0.05) is 0 Å². The van der Waals surface area contributed by atoms with Crippen LogP contribution in [0, 0.1) is 16.0 Å². The number of rotatable bonds is 6. The first-order valence-corrected chi connectivity index (χ1v) is 5.84. The van der Waals surface area contributed by atoms with Crippen LogP contribution in [0.1, 0.15) is 12.8 Å². The second kappa shape index (κ2) is 5.13. The number of aliphatic carboxylic acids is 1. The number of methoxy groups -OCH3 is 1. The van der Waals surface area contributed by atoms with Gasteiger partial charge in [-0.25, -0.2) is 4.79 Å². The summed E-state index contributed by atoms with van der Waals surface area (Å²) in [5.41, 5.74) is 0.0105. The van der Waals surface area contributed by atoms with Crippen LogP contribution >= 0.6 is 0 Å². The number of nitro benzene ring substituents is 1. The van der Waals surface area contributed by atoms with Crippen LogP contribution in [0.25, 0.3) is 0 Å². The summed E-state index contributed by atoms with van der Waals surface area (Å²) in [7, 11) is 1.41. The molecule has 2 rings (SSSR count). The Morgan fingerprint density at radius 2 is 2.26 bits per heavy atom. The molecule has 1 aliphatic carbocycles. The van der Waals surface area contributed by atoms with Crippen molar-refractivity contribution in [2.45, 2.75) is 18.9 Å². The zero-order valence-electron chi connectivity index (χ0n) is 10.3. The number of benzene rings is 1. The molecular formula is C12H14N2O5. The third kappa shape index (κ3) is 2.93. The first kappa shape index (κ1) is 13.1. The van der Waals surface area contributed by atoms with Crippen molar-refractivity contribution in [2.24, 2.45) is 5.92 Å². The minimum Gasteiger partial charge on any atom is -0.496 e. The first-order chi connectivity index (χ1) is 9.02. The first-order valence-electron chi connectivity index (χ1n) is 5.84. The van der Waals surface area contributed by atoms with E-state index in [4.69, 9.17) is 9.84 Å². The lowest BCUT2D eigenvalue weighted by Gasteiger charge is -2.15. The topological polar surface area (TPSA) is 102 Å². The maximum atomic E-state index is 11.1. The Balaban J connectivity index is 2.27. The average Bonchev–Trinajstić information content (AvgIpc) is 3.19. The molecule has 102 valence electrons. The summed E-state index contributed by atoms with van der Waals surface area (Å²) in [6, 6.07) is 3.51.